The van der Waals surface area contributed by atoms with Crippen LogP contribution in [0.3, 0.4) is 0 Å². The first kappa shape index (κ1) is 19.9. The van der Waals surface area contributed by atoms with Gasteiger partial charge in [-0.1, -0.05) is 35.7 Å². The number of halogens is 2. The Balaban J connectivity index is 1.64. The molecule has 0 radical (unpaired) electrons. The van der Waals surface area contributed by atoms with Crippen molar-refractivity contribution in [3.05, 3.63) is 33.8 Å². The lowest BCUT2D eigenvalue weighted by atomic mass is 9.88. The highest BCUT2D eigenvalue weighted by molar-refractivity contribution is 6.42. The predicted molar refractivity (Wildman–Crippen MR) is 106 cm³/mol. The monoisotopic (exact) mass is 398 g/mol. The van der Waals surface area contributed by atoms with E-state index in [0.29, 0.717) is 22.0 Å². The minimum absolute atomic E-state index is 0.0650. The van der Waals surface area contributed by atoms with E-state index in [1.54, 1.807) is 6.92 Å². The third-order valence-electron chi connectivity index (χ3n) is 5.50. The first-order chi connectivity index (χ1) is 12.5. The fraction of sp³-hybridized carbons (Fsp3) is 0.650. The van der Waals surface area contributed by atoms with Crippen molar-refractivity contribution in [1.29, 1.82) is 0 Å². The second kappa shape index (κ2) is 9.41. The second-order valence-corrected chi connectivity index (χ2v) is 8.27. The summed E-state index contributed by atoms with van der Waals surface area (Å²) < 4.78 is 6.25. The van der Waals surface area contributed by atoms with Gasteiger partial charge in [0.2, 0.25) is 5.91 Å². The first-order valence-electron chi connectivity index (χ1n) is 9.59. The molecule has 0 aliphatic carbocycles. The van der Waals surface area contributed by atoms with Gasteiger partial charge in [0.25, 0.3) is 0 Å². The van der Waals surface area contributed by atoms with Crippen molar-refractivity contribution in [1.82, 2.24) is 10.2 Å². The first-order valence-corrected chi connectivity index (χ1v) is 10.3. The largest absolute Gasteiger partial charge is 0.376 e. The fourth-order valence-electron chi connectivity index (χ4n) is 4.11. The molecule has 2 fully saturated rings. The van der Waals surface area contributed by atoms with E-state index in [2.05, 4.69) is 16.3 Å². The maximum Gasteiger partial charge on any atom is 0.217 e. The average molecular weight is 399 g/mol. The molecule has 144 valence electrons. The quantitative estimate of drug-likeness (QED) is 0.823. The van der Waals surface area contributed by atoms with Gasteiger partial charge in [0.05, 0.1) is 16.1 Å². The summed E-state index contributed by atoms with van der Waals surface area (Å²) in [5.74, 6) is 0.413. The van der Waals surface area contributed by atoms with Crippen LogP contribution < -0.4 is 5.32 Å². The summed E-state index contributed by atoms with van der Waals surface area (Å²) in [6, 6.07) is 6.28. The molecule has 1 N–H and O–H groups in total. The number of nitrogens with one attached hydrogen (secondary N) is 1. The highest BCUT2D eigenvalue weighted by Gasteiger charge is 2.30. The summed E-state index contributed by atoms with van der Waals surface area (Å²) in [7, 11) is 0. The van der Waals surface area contributed by atoms with Crippen LogP contribution in [0.2, 0.25) is 10.0 Å². The molecule has 26 heavy (non-hydrogen) atoms. The van der Waals surface area contributed by atoms with Gasteiger partial charge in [-0.15, -0.1) is 0 Å². The van der Waals surface area contributed by atoms with Gasteiger partial charge in [-0.05, 0) is 43.4 Å². The van der Waals surface area contributed by atoms with E-state index in [4.69, 9.17) is 27.9 Å². The van der Waals surface area contributed by atoms with E-state index in [9.17, 15) is 4.79 Å². The van der Waals surface area contributed by atoms with Crippen molar-refractivity contribution in [2.24, 2.45) is 0 Å². The van der Waals surface area contributed by atoms with Gasteiger partial charge >= 0.3 is 0 Å². The summed E-state index contributed by atoms with van der Waals surface area (Å²) in [4.78, 5) is 13.7. The number of carbonyl (C=O) groups excluding carboxylic acids is 1. The van der Waals surface area contributed by atoms with Crippen LogP contribution in [0.15, 0.2) is 18.2 Å². The lowest BCUT2D eigenvalue weighted by molar-refractivity contribution is -0.120. The van der Waals surface area contributed by atoms with E-state index >= 15 is 0 Å². The van der Waals surface area contributed by atoms with E-state index in [0.717, 1.165) is 51.9 Å². The summed E-state index contributed by atoms with van der Waals surface area (Å²) >= 11 is 12.3. The summed E-state index contributed by atoms with van der Waals surface area (Å²) in [6.07, 6.45) is 5.58. The Morgan fingerprint density at radius 3 is 2.65 bits per heavy atom. The molecule has 2 atom stereocenters. The molecule has 3 rings (SSSR count). The Labute approximate surface area is 166 Å². The van der Waals surface area contributed by atoms with Crippen LogP contribution in [0, 0.1) is 0 Å². The number of hydrogen-bond donors (Lipinski definition) is 1. The number of benzene rings is 1. The van der Waals surface area contributed by atoms with Gasteiger partial charge in [-0.2, -0.15) is 0 Å². The van der Waals surface area contributed by atoms with Crippen LogP contribution in [-0.4, -0.2) is 49.2 Å². The van der Waals surface area contributed by atoms with Gasteiger partial charge in [0.15, 0.2) is 0 Å². The summed E-state index contributed by atoms with van der Waals surface area (Å²) in [6.45, 7) is 5.34. The van der Waals surface area contributed by atoms with Crippen molar-refractivity contribution in [2.75, 3.05) is 26.2 Å². The molecular weight excluding hydrogens is 371 g/mol. The van der Waals surface area contributed by atoms with E-state index in [-0.39, 0.29) is 12.0 Å². The Kier molecular flexibility index (Phi) is 7.21. The smallest absolute Gasteiger partial charge is 0.217 e. The van der Waals surface area contributed by atoms with Crippen LogP contribution in [0.25, 0.3) is 0 Å². The molecule has 0 bridgehead atoms. The molecule has 1 aromatic rings. The molecular formula is C20H28Cl2N2O2. The number of nitrogens with zero attached hydrogens (tertiary/aromatic N) is 1. The summed E-state index contributed by atoms with van der Waals surface area (Å²) in [5, 5.41) is 4.25. The summed E-state index contributed by atoms with van der Waals surface area (Å²) in [5.41, 5.74) is 1.22. The van der Waals surface area contributed by atoms with Gasteiger partial charge in [0.1, 0.15) is 0 Å². The van der Waals surface area contributed by atoms with Crippen LogP contribution in [0.4, 0.5) is 0 Å². The number of rotatable bonds is 4. The lowest BCUT2D eigenvalue weighted by Gasteiger charge is -2.36. The topological polar surface area (TPSA) is 41.6 Å². The number of piperidine rings is 1. The second-order valence-electron chi connectivity index (χ2n) is 7.46. The molecule has 0 saturated carbocycles. The predicted octanol–water partition coefficient (Wildman–Crippen LogP) is 4.25. The zero-order valence-electron chi connectivity index (χ0n) is 15.3. The third kappa shape index (κ3) is 5.35. The molecule has 6 heteroatoms. The molecule has 0 spiro atoms. The Morgan fingerprint density at radius 2 is 1.96 bits per heavy atom. The Morgan fingerprint density at radius 1 is 1.19 bits per heavy atom. The standard InChI is InChI=1S/C20H28Cl2N2O2/c1-14(25)23-16-7-9-24(10-8-16)13-20-17(4-2-3-11-26-20)15-5-6-18(21)19(22)12-15/h5-6,12,16-17,20H,2-4,7-11,13H2,1H3,(H,23,25)/t17?,20-/m0/s1. The molecule has 0 aromatic heterocycles. The minimum atomic E-state index is 0.0650. The van der Waals surface area contributed by atoms with Crippen molar-refractivity contribution >= 4 is 29.1 Å². The van der Waals surface area contributed by atoms with Gasteiger partial charge in [-0.3, -0.25) is 4.79 Å². The highest BCUT2D eigenvalue weighted by atomic mass is 35.5. The number of hydrogen-bond acceptors (Lipinski definition) is 3. The Hall–Kier alpha value is -0.810. The van der Waals surface area contributed by atoms with Crippen molar-refractivity contribution in [3.63, 3.8) is 0 Å². The number of likely N-dealkylation sites (tertiary alicyclic amines) is 1. The molecule has 2 aliphatic rings. The molecule has 2 heterocycles. The third-order valence-corrected chi connectivity index (χ3v) is 6.23. The van der Waals surface area contributed by atoms with E-state index in [1.165, 1.54) is 12.0 Å². The highest BCUT2D eigenvalue weighted by Crippen LogP contribution is 2.34. The van der Waals surface area contributed by atoms with Crippen molar-refractivity contribution < 1.29 is 9.53 Å². The number of carbonyl (C=O) groups is 1. The van der Waals surface area contributed by atoms with Crippen LogP contribution in [0.5, 0.6) is 0 Å². The molecule has 1 aromatic carbocycles. The Bertz CT molecular complexity index is 618. The normalized spacial score (nSPS) is 25.7. The van der Waals surface area contributed by atoms with Crippen molar-refractivity contribution in [2.45, 2.75) is 57.1 Å². The zero-order chi connectivity index (χ0) is 18.5. The van der Waals surface area contributed by atoms with Crippen molar-refractivity contribution in [3.8, 4) is 0 Å². The van der Waals surface area contributed by atoms with E-state index in [1.807, 2.05) is 12.1 Å². The maximum atomic E-state index is 11.2. The molecule has 2 aliphatic heterocycles. The molecule has 1 unspecified atom stereocenters. The molecule has 1 amide bonds. The van der Waals surface area contributed by atoms with Crippen LogP contribution in [-0.2, 0) is 9.53 Å². The zero-order valence-corrected chi connectivity index (χ0v) is 16.9. The lowest BCUT2D eigenvalue weighted by Crippen LogP contribution is -2.47. The van der Waals surface area contributed by atoms with Crippen LogP contribution in [0.1, 0.15) is 50.5 Å². The van der Waals surface area contributed by atoms with Gasteiger partial charge in [-0.25, -0.2) is 0 Å². The number of amides is 1. The minimum Gasteiger partial charge on any atom is -0.376 e. The average Bonchev–Trinajstić information content (AvgIpc) is 2.84. The van der Waals surface area contributed by atoms with Crippen LogP contribution >= 0.6 is 23.2 Å². The van der Waals surface area contributed by atoms with Gasteiger partial charge in [0, 0.05) is 45.1 Å². The molecule has 4 nitrogen and oxygen atoms in total. The van der Waals surface area contributed by atoms with E-state index < -0.39 is 0 Å². The molecule has 2 saturated heterocycles. The van der Waals surface area contributed by atoms with Gasteiger partial charge < -0.3 is 15.0 Å². The SMILES string of the molecule is CC(=O)NC1CCN(C[C@@H]2OCCCCC2c2ccc(Cl)c(Cl)c2)CC1. The maximum absolute atomic E-state index is 11.2. The number of ether oxygens (including phenoxy) is 1. The fourth-order valence-corrected chi connectivity index (χ4v) is 4.42.